The molecule has 1 amide bonds. The molecule has 0 aliphatic carbocycles. The Bertz CT molecular complexity index is 717. The van der Waals surface area contributed by atoms with Crippen LogP contribution < -0.4 is 10.1 Å². The minimum Gasteiger partial charge on any atom is -0.490 e. The zero-order valence-electron chi connectivity index (χ0n) is 14.3. The number of ether oxygens (including phenoxy) is 1. The lowest BCUT2D eigenvalue weighted by Gasteiger charge is -2.13. The van der Waals surface area contributed by atoms with E-state index in [1.165, 1.54) is 11.8 Å². The molecule has 1 N–H and O–H groups in total. The van der Waals surface area contributed by atoms with Crippen molar-refractivity contribution in [2.75, 3.05) is 23.4 Å². The van der Waals surface area contributed by atoms with Crippen molar-refractivity contribution in [2.45, 2.75) is 20.3 Å². The van der Waals surface area contributed by atoms with Gasteiger partial charge in [0, 0.05) is 11.4 Å². The van der Waals surface area contributed by atoms with E-state index in [2.05, 4.69) is 12.2 Å². The Balaban J connectivity index is 1.76. The van der Waals surface area contributed by atoms with Gasteiger partial charge in [0.05, 0.1) is 22.4 Å². The van der Waals surface area contributed by atoms with Gasteiger partial charge in [0.15, 0.2) is 5.75 Å². The van der Waals surface area contributed by atoms with Crippen molar-refractivity contribution in [1.29, 1.82) is 0 Å². The van der Waals surface area contributed by atoms with Gasteiger partial charge in [0.1, 0.15) is 0 Å². The molecule has 0 aliphatic heterocycles. The molecule has 25 heavy (non-hydrogen) atoms. The van der Waals surface area contributed by atoms with Gasteiger partial charge in [-0.15, -0.1) is 11.8 Å². The highest BCUT2D eigenvalue weighted by Gasteiger charge is 2.09. The van der Waals surface area contributed by atoms with Crippen LogP contribution in [-0.4, -0.2) is 24.0 Å². The number of halogens is 2. The SMILES string of the molecule is CCc1cccc(C)c1NC(=O)CSCCOc1c(Cl)cccc1Cl. The summed E-state index contributed by atoms with van der Waals surface area (Å²) in [5.41, 5.74) is 3.15. The second kappa shape index (κ2) is 9.95. The predicted molar refractivity (Wildman–Crippen MR) is 108 cm³/mol. The lowest BCUT2D eigenvalue weighted by atomic mass is 10.1. The Kier molecular flexibility index (Phi) is 7.94. The Labute approximate surface area is 163 Å². The fourth-order valence-corrected chi connectivity index (χ4v) is 3.48. The van der Waals surface area contributed by atoms with Gasteiger partial charge in [-0.1, -0.05) is 54.4 Å². The van der Waals surface area contributed by atoms with Crippen molar-refractivity contribution >= 4 is 46.6 Å². The Morgan fingerprint density at radius 3 is 2.52 bits per heavy atom. The number of thioether (sulfide) groups is 1. The van der Waals surface area contributed by atoms with Crippen LogP contribution in [0.3, 0.4) is 0 Å². The maximum absolute atomic E-state index is 12.2. The van der Waals surface area contributed by atoms with E-state index in [0.717, 1.165) is 23.2 Å². The molecule has 2 aromatic rings. The van der Waals surface area contributed by atoms with E-state index in [4.69, 9.17) is 27.9 Å². The van der Waals surface area contributed by atoms with Crippen molar-refractivity contribution in [3.63, 3.8) is 0 Å². The number of hydrogen-bond acceptors (Lipinski definition) is 3. The summed E-state index contributed by atoms with van der Waals surface area (Å²) in [6.45, 7) is 4.52. The molecule has 0 bridgehead atoms. The van der Waals surface area contributed by atoms with E-state index in [1.54, 1.807) is 18.2 Å². The molecule has 2 aromatic carbocycles. The average Bonchev–Trinajstić information content (AvgIpc) is 2.58. The van der Waals surface area contributed by atoms with Crippen molar-refractivity contribution in [3.05, 3.63) is 57.6 Å². The fourth-order valence-electron chi connectivity index (χ4n) is 2.37. The Morgan fingerprint density at radius 2 is 1.84 bits per heavy atom. The molecule has 3 nitrogen and oxygen atoms in total. The predicted octanol–water partition coefficient (Wildman–Crippen LogP) is 5.61. The number of nitrogens with one attached hydrogen (secondary N) is 1. The van der Waals surface area contributed by atoms with Crippen molar-refractivity contribution < 1.29 is 9.53 Å². The van der Waals surface area contributed by atoms with Crippen LogP contribution in [-0.2, 0) is 11.2 Å². The molecule has 134 valence electrons. The highest BCUT2D eigenvalue weighted by Crippen LogP contribution is 2.32. The molecular weight excluding hydrogens is 377 g/mol. The van der Waals surface area contributed by atoms with Crippen LogP contribution in [0.4, 0.5) is 5.69 Å². The monoisotopic (exact) mass is 397 g/mol. The van der Waals surface area contributed by atoms with Gasteiger partial charge in [-0.2, -0.15) is 0 Å². The fraction of sp³-hybridized carbons (Fsp3) is 0.316. The summed E-state index contributed by atoms with van der Waals surface area (Å²) in [7, 11) is 0. The zero-order chi connectivity index (χ0) is 18.2. The lowest BCUT2D eigenvalue weighted by Crippen LogP contribution is -2.17. The summed E-state index contributed by atoms with van der Waals surface area (Å²) >= 11 is 13.6. The van der Waals surface area contributed by atoms with Crippen LogP contribution in [0.5, 0.6) is 5.75 Å². The van der Waals surface area contributed by atoms with E-state index in [1.807, 2.05) is 25.1 Å². The number of carbonyl (C=O) groups is 1. The maximum Gasteiger partial charge on any atom is 0.234 e. The third kappa shape index (κ3) is 5.84. The summed E-state index contributed by atoms with van der Waals surface area (Å²) in [6, 6.07) is 11.3. The highest BCUT2D eigenvalue weighted by atomic mass is 35.5. The van der Waals surface area contributed by atoms with Crippen molar-refractivity contribution in [3.8, 4) is 5.75 Å². The van der Waals surface area contributed by atoms with Gasteiger partial charge in [-0.3, -0.25) is 4.79 Å². The van der Waals surface area contributed by atoms with E-state index < -0.39 is 0 Å². The molecule has 0 heterocycles. The Hall–Kier alpha value is -1.36. The second-order valence-corrected chi connectivity index (χ2v) is 7.38. The van der Waals surface area contributed by atoms with Gasteiger partial charge in [-0.05, 0) is 36.6 Å². The zero-order valence-corrected chi connectivity index (χ0v) is 16.6. The second-order valence-electron chi connectivity index (χ2n) is 5.46. The number of benzene rings is 2. The van der Waals surface area contributed by atoms with Crippen LogP contribution >= 0.6 is 35.0 Å². The van der Waals surface area contributed by atoms with Crippen molar-refractivity contribution in [1.82, 2.24) is 0 Å². The van der Waals surface area contributed by atoms with Gasteiger partial charge in [0.2, 0.25) is 5.91 Å². The molecule has 0 radical (unpaired) electrons. The quantitative estimate of drug-likeness (QED) is 0.587. The van der Waals surface area contributed by atoms with E-state index >= 15 is 0 Å². The number of amides is 1. The van der Waals surface area contributed by atoms with Gasteiger partial charge in [0.25, 0.3) is 0 Å². The first kappa shape index (κ1) is 20.0. The van der Waals surface area contributed by atoms with E-state index in [0.29, 0.717) is 33.9 Å². The minimum atomic E-state index is -0.00947. The molecule has 0 spiro atoms. The number of hydrogen-bond donors (Lipinski definition) is 1. The smallest absolute Gasteiger partial charge is 0.234 e. The first-order chi connectivity index (χ1) is 12.0. The summed E-state index contributed by atoms with van der Waals surface area (Å²) in [4.78, 5) is 12.2. The van der Waals surface area contributed by atoms with Gasteiger partial charge in [-0.25, -0.2) is 0 Å². The van der Waals surface area contributed by atoms with E-state index in [-0.39, 0.29) is 5.91 Å². The van der Waals surface area contributed by atoms with Crippen LogP contribution in [0.25, 0.3) is 0 Å². The molecule has 0 saturated carbocycles. The van der Waals surface area contributed by atoms with E-state index in [9.17, 15) is 4.79 Å². The summed E-state index contributed by atoms with van der Waals surface area (Å²) in [5.74, 6) is 1.52. The highest BCUT2D eigenvalue weighted by molar-refractivity contribution is 7.99. The molecule has 0 saturated heterocycles. The number of para-hydroxylation sites is 2. The summed E-state index contributed by atoms with van der Waals surface area (Å²) < 4.78 is 5.61. The number of aryl methyl sites for hydroxylation is 2. The number of carbonyl (C=O) groups excluding carboxylic acids is 1. The van der Waals surface area contributed by atoms with Crippen LogP contribution in [0.1, 0.15) is 18.1 Å². The van der Waals surface area contributed by atoms with Gasteiger partial charge >= 0.3 is 0 Å². The molecule has 0 unspecified atom stereocenters. The third-order valence-corrected chi connectivity index (χ3v) is 5.15. The van der Waals surface area contributed by atoms with Crippen LogP contribution in [0.15, 0.2) is 36.4 Å². The maximum atomic E-state index is 12.2. The molecule has 0 atom stereocenters. The average molecular weight is 398 g/mol. The number of anilines is 1. The molecule has 2 rings (SSSR count). The van der Waals surface area contributed by atoms with Crippen LogP contribution in [0, 0.1) is 6.92 Å². The Morgan fingerprint density at radius 1 is 1.16 bits per heavy atom. The van der Waals surface area contributed by atoms with Crippen LogP contribution in [0.2, 0.25) is 10.0 Å². The first-order valence-electron chi connectivity index (χ1n) is 8.05. The largest absolute Gasteiger partial charge is 0.490 e. The first-order valence-corrected chi connectivity index (χ1v) is 9.97. The summed E-state index contributed by atoms with van der Waals surface area (Å²) in [6.07, 6.45) is 0.886. The lowest BCUT2D eigenvalue weighted by molar-refractivity contribution is -0.113. The van der Waals surface area contributed by atoms with Crippen molar-refractivity contribution in [2.24, 2.45) is 0 Å². The normalized spacial score (nSPS) is 10.6. The third-order valence-electron chi connectivity index (χ3n) is 3.63. The molecular formula is C19H21Cl2NO2S. The van der Waals surface area contributed by atoms with Gasteiger partial charge < -0.3 is 10.1 Å². The minimum absolute atomic E-state index is 0.00947. The topological polar surface area (TPSA) is 38.3 Å². The molecule has 0 aromatic heterocycles. The molecule has 0 aliphatic rings. The standard InChI is InChI=1S/C19H21Cl2NO2S/c1-3-14-7-4-6-13(2)18(14)22-17(23)12-25-11-10-24-19-15(20)8-5-9-16(19)21/h4-9H,3,10-12H2,1-2H3,(H,22,23). The molecule has 6 heteroatoms. The molecule has 0 fully saturated rings. The number of rotatable bonds is 8. The summed E-state index contributed by atoms with van der Waals surface area (Å²) in [5, 5.41) is 3.99.